The second-order valence-electron chi connectivity index (χ2n) is 4.17. The molecule has 0 radical (unpaired) electrons. The van der Waals surface area contributed by atoms with E-state index in [2.05, 4.69) is 5.32 Å². The number of hydrogen-bond donors (Lipinski definition) is 2. The average molecular weight is 214 g/mol. The van der Waals surface area contributed by atoms with Crippen LogP contribution in [-0.4, -0.2) is 31.7 Å². The summed E-state index contributed by atoms with van der Waals surface area (Å²) in [6.45, 7) is 3.83. The first-order valence-corrected chi connectivity index (χ1v) is 5.84. The van der Waals surface area contributed by atoms with Gasteiger partial charge in [0.25, 0.3) is 0 Å². The Labute approximate surface area is 91.5 Å². The molecule has 1 saturated carbocycles. The van der Waals surface area contributed by atoms with Crippen LogP contribution in [0.3, 0.4) is 0 Å². The molecule has 4 heteroatoms. The third-order valence-electron chi connectivity index (χ3n) is 2.97. The number of rotatable bonds is 8. The fourth-order valence-corrected chi connectivity index (χ4v) is 1.72. The number of ether oxygens (including phenoxy) is 1. The highest BCUT2D eigenvalue weighted by molar-refractivity contribution is 5.79. The minimum Gasteiger partial charge on any atom is -0.379 e. The molecular formula is C11H22N2O2. The second kappa shape index (κ2) is 6.80. The van der Waals surface area contributed by atoms with Gasteiger partial charge in [0.15, 0.2) is 0 Å². The van der Waals surface area contributed by atoms with Crippen molar-refractivity contribution in [2.75, 3.05) is 19.8 Å². The van der Waals surface area contributed by atoms with Crippen LogP contribution < -0.4 is 11.1 Å². The Bertz CT molecular complexity index is 193. The molecule has 1 aliphatic rings. The largest absolute Gasteiger partial charge is 0.379 e. The molecule has 0 saturated heterocycles. The van der Waals surface area contributed by atoms with Gasteiger partial charge in [-0.3, -0.25) is 4.79 Å². The SMILES string of the molecule is CCNC(COCCC1CCC1)C(N)=O. The highest BCUT2D eigenvalue weighted by Crippen LogP contribution is 2.28. The van der Waals surface area contributed by atoms with Gasteiger partial charge in [0.1, 0.15) is 6.04 Å². The van der Waals surface area contributed by atoms with Crippen molar-refractivity contribution in [1.82, 2.24) is 5.32 Å². The monoisotopic (exact) mass is 214 g/mol. The molecule has 0 heterocycles. The van der Waals surface area contributed by atoms with E-state index in [-0.39, 0.29) is 11.9 Å². The van der Waals surface area contributed by atoms with Gasteiger partial charge < -0.3 is 15.8 Å². The molecule has 0 aliphatic heterocycles. The minimum atomic E-state index is -0.337. The Morgan fingerprint density at radius 2 is 2.33 bits per heavy atom. The van der Waals surface area contributed by atoms with Crippen LogP contribution in [0.15, 0.2) is 0 Å². The summed E-state index contributed by atoms with van der Waals surface area (Å²) in [6.07, 6.45) is 5.18. The molecule has 1 aliphatic carbocycles. The van der Waals surface area contributed by atoms with Gasteiger partial charge in [-0.2, -0.15) is 0 Å². The Morgan fingerprint density at radius 1 is 1.60 bits per heavy atom. The first-order valence-electron chi connectivity index (χ1n) is 5.84. The summed E-state index contributed by atoms with van der Waals surface area (Å²) >= 11 is 0. The van der Waals surface area contributed by atoms with Crippen LogP contribution in [0.2, 0.25) is 0 Å². The summed E-state index contributed by atoms with van der Waals surface area (Å²) in [5.74, 6) is 0.525. The molecule has 4 nitrogen and oxygen atoms in total. The van der Waals surface area contributed by atoms with E-state index in [0.717, 1.165) is 25.5 Å². The summed E-state index contributed by atoms with van der Waals surface area (Å²) in [5.41, 5.74) is 5.22. The predicted octanol–water partition coefficient (Wildman–Crippen LogP) is 0.657. The van der Waals surface area contributed by atoms with Crippen LogP contribution in [0, 0.1) is 5.92 Å². The molecule has 0 aromatic heterocycles. The predicted molar refractivity (Wildman–Crippen MR) is 59.4 cm³/mol. The smallest absolute Gasteiger partial charge is 0.236 e. The highest BCUT2D eigenvalue weighted by Gasteiger charge is 2.18. The minimum absolute atomic E-state index is 0.333. The number of primary amides is 1. The van der Waals surface area contributed by atoms with E-state index in [1.807, 2.05) is 6.92 Å². The van der Waals surface area contributed by atoms with Crippen molar-refractivity contribution in [3.63, 3.8) is 0 Å². The van der Waals surface area contributed by atoms with Crippen molar-refractivity contribution >= 4 is 5.91 Å². The number of amides is 1. The Balaban J connectivity index is 2.02. The summed E-state index contributed by atoms with van der Waals surface area (Å²) in [4.78, 5) is 11.0. The van der Waals surface area contributed by atoms with E-state index < -0.39 is 0 Å². The zero-order valence-electron chi connectivity index (χ0n) is 9.50. The molecule has 15 heavy (non-hydrogen) atoms. The topological polar surface area (TPSA) is 64.3 Å². The lowest BCUT2D eigenvalue weighted by Crippen LogP contribution is -2.44. The lowest BCUT2D eigenvalue weighted by atomic mass is 9.83. The van der Waals surface area contributed by atoms with Crippen molar-refractivity contribution in [3.8, 4) is 0 Å². The van der Waals surface area contributed by atoms with E-state index in [1.54, 1.807) is 0 Å². The van der Waals surface area contributed by atoms with E-state index in [4.69, 9.17) is 10.5 Å². The maximum Gasteiger partial charge on any atom is 0.236 e. The van der Waals surface area contributed by atoms with Gasteiger partial charge in [0, 0.05) is 6.61 Å². The van der Waals surface area contributed by atoms with E-state index in [9.17, 15) is 4.79 Å². The molecule has 88 valence electrons. The van der Waals surface area contributed by atoms with Crippen molar-refractivity contribution in [2.24, 2.45) is 11.7 Å². The summed E-state index contributed by atoms with van der Waals surface area (Å²) in [7, 11) is 0. The summed E-state index contributed by atoms with van der Waals surface area (Å²) in [6, 6.07) is -0.337. The van der Waals surface area contributed by atoms with Crippen molar-refractivity contribution in [2.45, 2.75) is 38.6 Å². The maximum absolute atomic E-state index is 11.0. The molecule has 1 atom stereocenters. The Kier molecular flexibility index (Phi) is 5.65. The first-order chi connectivity index (χ1) is 7.24. The van der Waals surface area contributed by atoms with Gasteiger partial charge in [-0.1, -0.05) is 26.2 Å². The van der Waals surface area contributed by atoms with Crippen LogP contribution in [0.1, 0.15) is 32.6 Å². The molecule has 0 aromatic rings. The molecule has 0 bridgehead atoms. The quantitative estimate of drug-likeness (QED) is 0.583. The van der Waals surface area contributed by atoms with Crippen LogP contribution in [-0.2, 0) is 9.53 Å². The third kappa shape index (κ3) is 4.62. The van der Waals surface area contributed by atoms with E-state index in [1.165, 1.54) is 19.3 Å². The summed E-state index contributed by atoms with van der Waals surface area (Å²) < 4.78 is 5.45. The Hall–Kier alpha value is -0.610. The molecule has 1 unspecified atom stereocenters. The number of nitrogens with one attached hydrogen (secondary N) is 1. The fraction of sp³-hybridized carbons (Fsp3) is 0.909. The zero-order valence-corrected chi connectivity index (χ0v) is 9.50. The van der Waals surface area contributed by atoms with Gasteiger partial charge in [0.2, 0.25) is 5.91 Å². The molecule has 3 N–H and O–H groups in total. The second-order valence-corrected chi connectivity index (χ2v) is 4.17. The number of likely N-dealkylation sites (N-methyl/N-ethyl adjacent to an activating group) is 1. The van der Waals surface area contributed by atoms with Gasteiger partial charge in [0.05, 0.1) is 6.61 Å². The molecular weight excluding hydrogens is 192 g/mol. The van der Waals surface area contributed by atoms with Crippen LogP contribution in [0.4, 0.5) is 0 Å². The highest BCUT2D eigenvalue weighted by atomic mass is 16.5. The van der Waals surface area contributed by atoms with Crippen LogP contribution in [0.5, 0.6) is 0 Å². The molecule has 1 fully saturated rings. The van der Waals surface area contributed by atoms with Gasteiger partial charge in [-0.15, -0.1) is 0 Å². The number of carbonyl (C=O) groups excluding carboxylic acids is 1. The van der Waals surface area contributed by atoms with Crippen molar-refractivity contribution in [3.05, 3.63) is 0 Å². The lowest BCUT2D eigenvalue weighted by molar-refractivity contribution is -0.121. The number of nitrogens with two attached hydrogens (primary N) is 1. The number of carbonyl (C=O) groups is 1. The Morgan fingerprint density at radius 3 is 2.80 bits per heavy atom. The van der Waals surface area contributed by atoms with Gasteiger partial charge in [-0.05, 0) is 18.9 Å². The molecule has 1 rings (SSSR count). The zero-order chi connectivity index (χ0) is 11.1. The van der Waals surface area contributed by atoms with E-state index in [0.29, 0.717) is 6.61 Å². The van der Waals surface area contributed by atoms with Crippen molar-refractivity contribution in [1.29, 1.82) is 0 Å². The fourth-order valence-electron chi connectivity index (χ4n) is 1.72. The van der Waals surface area contributed by atoms with Gasteiger partial charge in [-0.25, -0.2) is 0 Å². The number of hydrogen-bond acceptors (Lipinski definition) is 3. The van der Waals surface area contributed by atoms with Crippen molar-refractivity contribution < 1.29 is 9.53 Å². The van der Waals surface area contributed by atoms with Crippen LogP contribution in [0.25, 0.3) is 0 Å². The lowest BCUT2D eigenvalue weighted by Gasteiger charge is -2.25. The maximum atomic E-state index is 11.0. The molecule has 1 amide bonds. The van der Waals surface area contributed by atoms with Gasteiger partial charge >= 0.3 is 0 Å². The first kappa shape index (κ1) is 12.5. The normalized spacial score (nSPS) is 18.5. The third-order valence-corrected chi connectivity index (χ3v) is 2.97. The average Bonchev–Trinajstić information content (AvgIpc) is 2.12. The molecule has 0 aromatic carbocycles. The standard InChI is InChI=1S/C11H22N2O2/c1-2-13-10(11(12)14)8-15-7-6-9-4-3-5-9/h9-10,13H,2-8H2,1H3,(H2,12,14). The van der Waals surface area contributed by atoms with Crippen LogP contribution >= 0.6 is 0 Å². The summed E-state index contributed by atoms with van der Waals surface area (Å²) in [5, 5.41) is 3.00. The molecule has 0 spiro atoms. The van der Waals surface area contributed by atoms with E-state index >= 15 is 0 Å².